The Balaban J connectivity index is 2.00. The van der Waals surface area contributed by atoms with Crippen molar-refractivity contribution in [3.05, 3.63) is 28.8 Å². The van der Waals surface area contributed by atoms with Gasteiger partial charge in [0.25, 0.3) is 0 Å². The van der Waals surface area contributed by atoms with Crippen molar-refractivity contribution >= 4 is 17.3 Å². The molecule has 0 spiro atoms. The fraction of sp³-hybridized carbons (Fsp3) is 0.600. The van der Waals surface area contributed by atoms with Gasteiger partial charge in [0.15, 0.2) is 5.82 Å². The van der Waals surface area contributed by atoms with Gasteiger partial charge in [0.05, 0.1) is 10.7 Å². The number of nitrogens with zero attached hydrogens (tertiary/aromatic N) is 1. The first kappa shape index (κ1) is 15.5. The lowest BCUT2D eigenvalue weighted by molar-refractivity contribution is 0.285. The van der Waals surface area contributed by atoms with E-state index in [1.54, 1.807) is 0 Å². The minimum atomic E-state index is -0.645. The summed E-state index contributed by atoms with van der Waals surface area (Å²) in [5.74, 6) is -1.27. The van der Waals surface area contributed by atoms with Crippen molar-refractivity contribution in [3.8, 4) is 0 Å². The molecule has 1 unspecified atom stereocenters. The molecule has 1 aliphatic heterocycles. The zero-order valence-electron chi connectivity index (χ0n) is 11.8. The van der Waals surface area contributed by atoms with Crippen molar-refractivity contribution < 1.29 is 8.78 Å². The highest BCUT2D eigenvalue weighted by Crippen LogP contribution is 2.28. The number of rotatable bonds is 4. The molecule has 2 rings (SSSR count). The molecule has 1 aliphatic rings. The van der Waals surface area contributed by atoms with Crippen LogP contribution in [0.3, 0.4) is 0 Å². The van der Waals surface area contributed by atoms with Crippen molar-refractivity contribution in [1.29, 1.82) is 0 Å². The maximum atomic E-state index is 13.8. The predicted molar refractivity (Wildman–Crippen MR) is 79.4 cm³/mol. The van der Waals surface area contributed by atoms with Gasteiger partial charge in [-0.2, -0.15) is 0 Å². The Morgan fingerprint density at radius 2 is 2.10 bits per heavy atom. The lowest BCUT2D eigenvalue weighted by Crippen LogP contribution is -2.27. The highest BCUT2D eigenvalue weighted by atomic mass is 35.5. The molecule has 20 heavy (non-hydrogen) atoms. The molecule has 1 heterocycles. The van der Waals surface area contributed by atoms with E-state index in [0.29, 0.717) is 0 Å². The van der Waals surface area contributed by atoms with Gasteiger partial charge in [0.2, 0.25) is 0 Å². The van der Waals surface area contributed by atoms with Crippen LogP contribution in [0.15, 0.2) is 12.1 Å². The van der Waals surface area contributed by atoms with Gasteiger partial charge in [-0.25, -0.2) is 8.78 Å². The number of likely N-dealkylation sites (tertiary alicyclic amines) is 1. The van der Waals surface area contributed by atoms with Crippen LogP contribution in [0.5, 0.6) is 0 Å². The summed E-state index contributed by atoms with van der Waals surface area (Å²) in [7, 11) is 0. The molecular weight excluding hydrogens is 282 g/mol. The van der Waals surface area contributed by atoms with Crippen LogP contribution < -0.4 is 5.32 Å². The Morgan fingerprint density at radius 1 is 1.30 bits per heavy atom. The van der Waals surface area contributed by atoms with E-state index >= 15 is 0 Å². The van der Waals surface area contributed by atoms with Gasteiger partial charge in [-0.1, -0.05) is 18.5 Å². The van der Waals surface area contributed by atoms with Crippen LogP contribution in [0, 0.1) is 11.6 Å². The summed E-state index contributed by atoms with van der Waals surface area (Å²) < 4.78 is 26.8. The first-order valence-corrected chi connectivity index (χ1v) is 7.61. The van der Waals surface area contributed by atoms with Crippen LogP contribution in [0.4, 0.5) is 14.5 Å². The molecule has 1 saturated heterocycles. The van der Waals surface area contributed by atoms with Gasteiger partial charge < -0.3 is 10.2 Å². The quantitative estimate of drug-likeness (QED) is 0.892. The Kier molecular flexibility index (Phi) is 5.61. The SMILES string of the molecule is CCCN1CCCC(Nc2c(F)cc(F)cc2Cl)CC1. The van der Waals surface area contributed by atoms with Crippen molar-refractivity contribution in [2.24, 2.45) is 0 Å². The Labute approximate surface area is 124 Å². The number of halogens is 3. The third kappa shape index (κ3) is 4.06. The molecule has 0 aliphatic carbocycles. The maximum Gasteiger partial charge on any atom is 0.150 e. The molecule has 1 atom stereocenters. The second-order valence-electron chi connectivity index (χ2n) is 5.36. The van der Waals surface area contributed by atoms with Gasteiger partial charge in [0.1, 0.15) is 5.82 Å². The largest absolute Gasteiger partial charge is 0.379 e. The predicted octanol–water partition coefficient (Wildman–Crippen LogP) is 4.29. The summed E-state index contributed by atoms with van der Waals surface area (Å²) in [6.07, 6.45) is 4.16. The molecule has 0 bridgehead atoms. The Morgan fingerprint density at radius 3 is 2.80 bits per heavy atom. The average molecular weight is 303 g/mol. The molecule has 1 fully saturated rings. The lowest BCUT2D eigenvalue weighted by atomic mass is 10.1. The summed E-state index contributed by atoms with van der Waals surface area (Å²) >= 11 is 5.92. The van der Waals surface area contributed by atoms with E-state index in [1.807, 2.05) is 0 Å². The number of benzene rings is 1. The summed E-state index contributed by atoms with van der Waals surface area (Å²) in [5.41, 5.74) is 0.224. The summed E-state index contributed by atoms with van der Waals surface area (Å²) in [4.78, 5) is 2.43. The van der Waals surface area contributed by atoms with Crippen molar-refractivity contribution in [1.82, 2.24) is 4.90 Å². The van der Waals surface area contributed by atoms with Crippen LogP contribution >= 0.6 is 11.6 Å². The van der Waals surface area contributed by atoms with Crippen LogP contribution in [0.2, 0.25) is 5.02 Å². The van der Waals surface area contributed by atoms with E-state index in [4.69, 9.17) is 11.6 Å². The summed E-state index contributed by atoms with van der Waals surface area (Å²) in [5, 5.41) is 3.26. The molecular formula is C15H21ClF2N2. The summed E-state index contributed by atoms with van der Waals surface area (Å²) in [6.45, 7) is 5.38. The third-order valence-corrected chi connectivity index (χ3v) is 4.01. The van der Waals surface area contributed by atoms with E-state index in [9.17, 15) is 8.78 Å². The van der Waals surface area contributed by atoms with Crippen LogP contribution in [0.1, 0.15) is 32.6 Å². The zero-order chi connectivity index (χ0) is 14.5. The Hall–Kier alpha value is -0.870. The standard InChI is InChI=1S/C15H21ClF2N2/c1-2-6-20-7-3-4-12(5-8-20)19-15-13(16)9-11(17)10-14(15)18/h9-10,12,19H,2-8H2,1H3. The smallest absolute Gasteiger partial charge is 0.150 e. The molecule has 112 valence electrons. The van der Waals surface area contributed by atoms with Crippen LogP contribution in [-0.4, -0.2) is 30.6 Å². The maximum absolute atomic E-state index is 13.8. The fourth-order valence-electron chi connectivity index (χ4n) is 2.72. The van der Waals surface area contributed by atoms with E-state index in [2.05, 4.69) is 17.1 Å². The molecule has 1 aromatic carbocycles. The molecule has 0 radical (unpaired) electrons. The van der Waals surface area contributed by atoms with Gasteiger partial charge >= 0.3 is 0 Å². The molecule has 0 aromatic heterocycles. The van der Waals surface area contributed by atoms with Crippen LogP contribution in [0.25, 0.3) is 0 Å². The normalized spacial score (nSPS) is 20.7. The van der Waals surface area contributed by atoms with E-state index in [0.717, 1.165) is 57.5 Å². The minimum absolute atomic E-state index is 0.108. The monoisotopic (exact) mass is 302 g/mol. The van der Waals surface area contributed by atoms with E-state index in [-0.39, 0.29) is 16.8 Å². The zero-order valence-corrected chi connectivity index (χ0v) is 12.5. The molecule has 2 nitrogen and oxygen atoms in total. The highest BCUT2D eigenvalue weighted by Gasteiger charge is 2.19. The number of hydrogen-bond acceptors (Lipinski definition) is 2. The second kappa shape index (κ2) is 7.23. The van der Waals surface area contributed by atoms with Crippen molar-refractivity contribution in [2.75, 3.05) is 25.0 Å². The average Bonchev–Trinajstić information content (AvgIpc) is 2.60. The fourth-order valence-corrected chi connectivity index (χ4v) is 2.97. The molecule has 1 aromatic rings. The van der Waals surface area contributed by atoms with E-state index < -0.39 is 11.6 Å². The lowest BCUT2D eigenvalue weighted by Gasteiger charge is -2.20. The summed E-state index contributed by atoms with van der Waals surface area (Å²) in [6, 6.07) is 2.20. The van der Waals surface area contributed by atoms with Gasteiger partial charge in [-0.3, -0.25) is 0 Å². The van der Waals surface area contributed by atoms with Crippen molar-refractivity contribution in [3.63, 3.8) is 0 Å². The number of anilines is 1. The Bertz CT molecular complexity index is 430. The first-order valence-electron chi connectivity index (χ1n) is 7.23. The first-order chi connectivity index (χ1) is 9.60. The number of hydrogen-bond donors (Lipinski definition) is 1. The minimum Gasteiger partial charge on any atom is -0.379 e. The van der Waals surface area contributed by atoms with E-state index in [1.165, 1.54) is 0 Å². The number of nitrogens with one attached hydrogen (secondary N) is 1. The van der Waals surface area contributed by atoms with Gasteiger partial charge in [-0.15, -0.1) is 0 Å². The second-order valence-corrected chi connectivity index (χ2v) is 5.77. The highest BCUT2D eigenvalue weighted by molar-refractivity contribution is 6.33. The third-order valence-electron chi connectivity index (χ3n) is 3.72. The molecule has 0 saturated carbocycles. The van der Waals surface area contributed by atoms with Gasteiger partial charge in [0, 0.05) is 18.7 Å². The van der Waals surface area contributed by atoms with Crippen LogP contribution in [-0.2, 0) is 0 Å². The molecule has 1 N–H and O–H groups in total. The molecule has 5 heteroatoms. The topological polar surface area (TPSA) is 15.3 Å². The van der Waals surface area contributed by atoms with Crippen molar-refractivity contribution in [2.45, 2.75) is 38.6 Å². The van der Waals surface area contributed by atoms with Gasteiger partial charge in [-0.05, 0) is 44.8 Å². The molecule has 0 amide bonds.